The van der Waals surface area contributed by atoms with Gasteiger partial charge in [0.05, 0.1) is 18.4 Å². The largest absolute Gasteiger partial charge is 0.465 e. The Labute approximate surface area is 138 Å². The standard InChI is InChI=1S/C16H20F2N2O4/c1-23-15(22)10-5-6-12(13(8-10)24-16(17)18)20-14(21)9-3-2-4-11(19)7-9/h5-6,8-9,11,16H,2-4,7,19H2,1H3,(H,20,21). The fourth-order valence-corrected chi connectivity index (χ4v) is 2.76. The van der Waals surface area contributed by atoms with Crippen molar-refractivity contribution in [3.05, 3.63) is 23.8 Å². The Morgan fingerprint density at radius 3 is 2.71 bits per heavy atom. The number of hydrogen-bond donors (Lipinski definition) is 2. The van der Waals surface area contributed by atoms with Crippen LogP contribution in [0.2, 0.25) is 0 Å². The van der Waals surface area contributed by atoms with Crippen molar-refractivity contribution in [2.45, 2.75) is 38.3 Å². The minimum Gasteiger partial charge on any atom is -0.465 e. The number of halogens is 2. The first-order valence-electron chi connectivity index (χ1n) is 7.64. The Hall–Kier alpha value is -2.22. The summed E-state index contributed by atoms with van der Waals surface area (Å²) in [4.78, 5) is 23.8. The SMILES string of the molecule is COC(=O)c1ccc(NC(=O)C2CCCC(N)C2)c(OC(F)F)c1. The maximum Gasteiger partial charge on any atom is 0.387 e. The average Bonchev–Trinajstić information content (AvgIpc) is 2.55. The van der Waals surface area contributed by atoms with Crippen molar-refractivity contribution < 1.29 is 27.8 Å². The van der Waals surface area contributed by atoms with E-state index in [1.54, 1.807) is 0 Å². The van der Waals surface area contributed by atoms with Crippen molar-refractivity contribution in [2.75, 3.05) is 12.4 Å². The Balaban J connectivity index is 2.18. The van der Waals surface area contributed by atoms with Crippen molar-refractivity contribution in [3.8, 4) is 5.75 Å². The minimum absolute atomic E-state index is 0.0343. The molecule has 1 amide bonds. The lowest BCUT2D eigenvalue weighted by Gasteiger charge is -2.26. The van der Waals surface area contributed by atoms with Crippen LogP contribution in [0.4, 0.5) is 14.5 Å². The average molecular weight is 342 g/mol. The van der Waals surface area contributed by atoms with E-state index in [0.29, 0.717) is 12.8 Å². The first-order chi connectivity index (χ1) is 11.4. The highest BCUT2D eigenvalue weighted by Gasteiger charge is 2.26. The van der Waals surface area contributed by atoms with Gasteiger partial charge in [-0.05, 0) is 37.5 Å². The summed E-state index contributed by atoms with van der Waals surface area (Å²) in [5, 5.41) is 2.59. The van der Waals surface area contributed by atoms with E-state index < -0.39 is 12.6 Å². The molecule has 1 aromatic rings. The summed E-state index contributed by atoms with van der Waals surface area (Å²) >= 11 is 0. The maximum atomic E-state index is 12.6. The molecule has 0 aromatic heterocycles. The number of methoxy groups -OCH3 is 1. The predicted molar refractivity (Wildman–Crippen MR) is 83.0 cm³/mol. The monoisotopic (exact) mass is 342 g/mol. The van der Waals surface area contributed by atoms with Gasteiger partial charge in [0.1, 0.15) is 5.75 Å². The third-order valence-electron chi connectivity index (χ3n) is 3.96. The molecule has 1 saturated carbocycles. The zero-order valence-corrected chi connectivity index (χ0v) is 13.3. The van der Waals surface area contributed by atoms with Crippen molar-refractivity contribution in [2.24, 2.45) is 11.7 Å². The van der Waals surface area contributed by atoms with Gasteiger partial charge in [-0.15, -0.1) is 0 Å². The number of esters is 1. The van der Waals surface area contributed by atoms with E-state index in [4.69, 9.17) is 5.73 Å². The molecule has 0 spiro atoms. The summed E-state index contributed by atoms with van der Waals surface area (Å²) in [6.45, 7) is -3.09. The van der Waals surface area contributed by atoms with Crippen LogP contribution in [-0.4, -0.2) is 31.6 Å². The molecule has 1 aliphatic rings. The number of nitrogens with one attached hydrogen (secondary N) is 1. The number of hydrogen-bond acceptors (Lipinski definition) is 5. The Kier molecular flexibility index (Phi) is 6.08. The molecular formula is C16H20F2N2O4. The third-order valence-corrected chi connectivity index (χ3v) is 3.96. The van der Waals surface area contributed by atoms with Gasteiger partial charge in [-0.25, -0.2) is 4.79 Å². The fourth-order valence-electron chi connectivity index (χ4n) is 2.76. The molecule has 0 heterocycles. The quantitative estimate of drug-likeness (QED) is 0.803. The summed E-state index contributed by atoms with van der Waals surface area (Å²) < 4.78 is 34.1. The second kappa shape index (κ2) is 8.05. The van der Waals surface area contributed by atoms with Crippen LogP contribution in [0, 0.1) is 5.92 Å². The van der Waals surface area contributed by atoms with E-state index in [1.165, 1.54) is 19.2 Å². The van der Waals surface area contributed by atoms with E-state index in [9.17, 15) is 18.4 Å². The third kappa shape index (κ3) is 4.64. The number of carbonyl (C=O) groups is 2. The summed E-state index contributed by atoms with van der Waals surface area (Å²) in [7, 11) is 1.18. The molecule has 2 unspecified atom stereocenters. The lowest BCUT2D eigenvalue weighted by molar-refractivity contribution is -0.121. The number of nitrogens with two attached hydrogens (primary N) is 1. The van der Waals surface area contributed by atoms with Crippen LogP contribution in [0.15, 0.2) is 18.2 Å². The molecule has 1 fully saturated rings. The van der Waals surface area contributed by atoms with Gasteiger partial charge >= 0.3 is 12.6 Å². The molecule has 6 nitrogen and oxygen atoms in total. The number of carbonyl (C=O) groups excluding carboxylic acids is 2. The Morgan fingerprint density at radius 1 is 1.33 bits per heavy atom. The van der Waals surface area contributed by atoms with Crippen LogP contribution >= 0.6 is 0 Å². The first kappa shape index (κ1) is 18.1. The molecule has 1 aliphatic carbocycles. The second-order valence-corrected chi connectivity index (χ2v) is 5.69. The van der Waals surface area contributed by atoms with E-state index in [-0.39, 0.29) is 34.9 Å². The predicted octanol–water partition coefficient (Wildman–Crippen LogP) is 2.53. The molecule has 0 radical (unpaired) electrons. The van der Waals surface area contributed by atoms with Crippen molar-refractivity contribution >= 4 is 17.6 Å². The molecular weight excluding hydrogens is 322 g/mol. The highest BCUT2D eigenvalue weighted by molar-refractivity contribution is 5.96. The Morgan fingerprint density at radius 2 is 2.08 bits per heavy atom. The molecule has 0 bridgehead atoms. The van der Waals surface area contributed by atoms with Crippen LogP contribution in [0.1, 0.15) is 36.0 Å². The molecule has 132 valence electrons. The summed E-state index contributed by atoms with van der Waals surface area (Å²) in [5.41, 5.74) is 5.99. The molecule has 8 heteroatoms. The van der Waals surface area contributed by atoms with E-state index in [0.717, 1.165) is 18.9 Å². The van der Waals surface area contributed by atoms with Crippen molar-refractivity contribution in [1.82, 2.24) is 0 Å². The highest BCUT2D eigenvalue weighted by atomic mass is 19.3. The number of alkyl halides is 2. The van der Waals surface area contributed by atoms with E-state index in [1.807, 2.05) is 0 Å². The lowest BCUT2D eigenvalue weighted by atomic mass is 9.85. The number of benzene rings is 1. The molecule has 3 N–H and O–H groups in total. The summed E-state index contributed by atoms with van der Waals surface area (Å²) in [6, 6.07) is 3.78. The van der Waals surface area contributed by atoms with E-state index in [2.05, 4.69) is 14.8 Å². The summed E-state index contributed by atoms with van der Waals surface area (Å²) in [6.07, 6.45) is 2.97. The molecule has 2 atom stereocenters. The topological polar surface area (TPSA) is 90.7 Å². The molecule has 2 rings (SSSR count). The van der Waals surface area contributed by atoms with Gasteiger partial charge in [0.25, 0.3) is 0 Å². The fraction of sp³-hybridized carbons (Fsp3) is 0.500. The van der Waals surface area contributed by atoms with E-state index >= 15 is 0 Å². The van der Waals surface area contributed by atoms with Crippen LogP contribution in [0.3, 0.4) is 0 Å². The molecule has 0 saturated heterocycles. The second-order valence-electron chi connectivity index (χ2n) is 5.69. The maximum absolute atomic E-state index is 12.6. The number of rotatable bonds is 5. The van der Waals surface area contributed by atoms with Gasteiger partial charge in [-0.1, -0.05) is 6.42 Å². The first-order valence-corrected chi connectivity index (χ1v) is 7.64. The number of ether oxygens (including phenoxy) is 2. The van der Waals surface area contributed by atoms with Gasteiger partial charge in [0.2, 0.25) is 5.91 Å². The van der Waals surface area contributed by atoms with Crippen LogP contribution < -0.4 is 15.8 Å². The molecule has 24 heavy (non-hydrogen) atoms. The van der Waals surface area contributed by atoms with Gasteiger partial charge in [-0.2, -0.15) is 8.78 Å². The van der Waals surface area contributed by atoms with Crippen molar-refractivity contribution in [1.29, 1.82) is 0 Å². The smallest absolute Gasteiger partial charge is 0.387 e. The lowest BCUT2D eigenvalue weighted by Crippen LogP contribution is -2.34. The summed E-state index contributed by atoms with van der Waals surface area (Å²) in [5.74, 6) is -1.55. The highest BCUT2D eigenvalue weighted by Crippen LogP contribution is 2.30. The van der Waals surface area contributed by atoms with Gasteiger partial charge < -0.3 is 20.5 Å². The van der Waals surface area contributed by atoms with Gasteiger partial charge in [-0.3, -0.25) is 4.79 Å². The molecule has 1 aromatic carbocycles. The van der Waals surface area contributed by atoms with Crippen LogP contribution in [0.25, 0.3) is 0 Å². The number of anilines is 1. The zero-order chi connectivity index (χ0) is 17.7. The Bertz CT molecular complexity index is 610. The van der Waals surface area contributed by atoms with Gasteiger partial charge in [0.15, 0.2) is 0 Å². The van der Waals surface area contributed by atoms with Crippen LogP contribution in [0.5, 0.6) is 5.75 Å². The normalized spacial score (nSPS) is 20.5. The van der Waals surface area contributed by atoms with Crippen molar-refractivity contribution in [3.63, 3.8) is 0 Å². The van der Waals surface area contributed by atoms with Crippen LogP contribution in [-0.2, 0) is 9.53 Å². The molecule has 0 aliphatic heterocycles. The number of amides is 1. The van der Waals surface area contributed by atoms with Gasteiger partial charge in [0, 0.05) is 12.0 Å². The minimum atomic E-state index is -3.09. The zero-order valence-electron chi connectivity index (χ0n) is 13.3.